The summed E-state index contributed by atoms with van der Waals surface area (Å²) in [6.45, 7) is 3.36. The lowest BCUT2D eigenvalue weighted by Gasteiger charge is -1.94. The van der Waals surface area contributed by atoms with Crippen LogP contribution in [0.4, 0.5) is 0 Å². The Kier molecular flexibility index (Phi) is 4.20. The monoisotopic (exact) mass is 142 g/mol. The van der Waals surface area contributed by atoms with Crippen LogP contribution < -0.4 is 0 Å². The molecule has 0 spiro atoms. The van der Waals surface area contributed by atoms with Crippen LogP contribution in [-0.2, 0) is 14.3 Å². The van der Waals surface area contributed by atoms with Crippen LogP contribution in [0.3, 0.4) is 0 Å². The molecule has 0 aliphatic heterocycles. The smallest absolute Gasteiger partial charge is 0.313 e. The number of rotatable bonds is 4. The van der Waals surface area contributed by atoms with Crippen LogP contribution in [0.2, 0.25) is 0 Å². The highest BCUT2D eigenvalue weighted by atomic mass is 16.5. The van der Waals surface area contributed by atoms with Gasteiger partial charge in [0.05, 0.1) is 7.11 Å². The number of Topliss-reactive ketones (excluding diaryl/α,β-unsaturated/α-hetero) is 1. The van der Waals surface area contributed by atoms with Crippen molar-refractivity contribution in [2.24, 2.45) is 0 Å². The number of carbonyl (C=O) groups is 2. The third-order valence-corrected chi connectivity index (χ3v) is 0.941. The van der Waals surface area contributed by atoms with Crippen LogP contribution in [0.5, 0.6) is 0 Å². The van der Waals surface area contributed by atoms with Gasteiger partial charge in [-0.05, 0) is 0 Å². The van der Waals surface area contributed by atoms with Crippen molar-refractivity contribution < 1.29 is 14.3 Å². The molecule has 0 heterocycles. The molecule has 0 N–H and O–H groups in total. The topological polar surface area (TPSA) is 43.4 Å². The van der Waals surface area contributed by atoms with Gasteiger partial charge in [0, 0.05) is 6.42 Å². The second kappa shape index (κ2) is 4.73. The standard InChI is InChI=1S/C7H10O3/c1-3-4-6(8)5-7(9)10-2/h3H,1,4-5H2,2H3. The SMILES string of the molecule is C=CCC(=O)CC(=O)OC. The number of hydrogen-bond donors (Lipinski definition) is 0. The second-order valence-electron chi connectivity index (χ2n) is 1.78. The predicted octanol–water partition coefficient (Wildman–Crippen LogP) is 0.695. The summed E-state index contributed by atoms with van der Waals surface area (Å²) in [5, 5.41) is 0. The zero-order chi connectivity index (χ0) is 7.98. The Labute approximate surface area is 59.7 Å². The second-order valence-corrected chi connectivity index (χ2v) is 1.78. The van der Waals surface area contributed by atoms with E-state index in [0.29, 0.717) is 0 Å². The van der Waals surface area contributed by atoms with Crippen LogP contribution in [0, 0.1) is 0 Å². The minimum absolute atomic E-state index is 0.150. The van der Waals surface area contributed by atoms with E-state index < -0.39 is 5.97 Å². The molecule has 0 radical (unpaired) electrons. The summed E-state index contributed by atoms with van der Waals surface area (Å²) in [4.78, 5) is 21.1. The molecule has 0 bridgehead atoms. The van der Waals surface area contributed by atoms with Crippen LogP contribution in [-0.4, -0.2) is 18.9 Å². The van der Waals surface area contributed by atoms with E-state index in [-0.39, 0.29) is 18.6 Å². The average Bonchev–Trinajstić information content (AvgIpc) is 1.88. The fraction of sp³-hybridized carbons (Fsp3) is 0.429. The van der Waals surface area contributed by atoms with E-state index in [4.69, 9.17) is 0 Å². The average molecular weight is 142 g/mol. The van der Waals surface area contributed by atoms with Crippen molar-refractivity contribution in [3.05, 3.63) is 12.7 Å². The number of esters is 1. The third-order valence-electron chi connectivity index (χ3n) is 0.941. The molecule has 0 aromatic heterocycles. The zero-order valence-electron chi connectivity index (χ0n) is 5.92. The molecule has 10 heavy (non-hydrogen) atoms. The summed E-state index contributed by atoms with van der Waals surface area (Å²) in [6.07, 6.45) is 1.54. The first kappa shape index (κ1) is 8.88. The molecule has 0 rings (SSSR count). The first-order valence-corrected chi connectivity index (χ1v) is 2.90. The Bertz CT molecular complexity index is 149. The summed E-state index contributed by atoms with van der Waals surface area (Å²) in [7, 11) is 1.25. The van der Waals surface area contributed by atoms with Crippen molar-refractivity contribution in [2.75, 3.05) is 7.11 Å². The van der Waals surface area contributed by atoms with Gasteiger partial charge < -0.3 is 4.74 Å². The van der Waals surface area contributed by atoms with Gasteiger partial charge in [-0.25, -0.2) is 0 Å². The van der Waals surface area contributed by atoms with E-state index in [1.54, 1.807) is 0 Å². The summed E-state index contributed by atoms with van der Waals surface area (Å²) < 4.78 is 4.27. The number of allylic oxidation sites excluding steroid dienone is 1. The molecule has 0 fully saturated rings. The number of methoxy groups -OCH3 is 1. The quantitative estimate of drug-likeness (QED) is 0.329. The Morgan fingerprint density at radius 3 is 2.60 bits per heavy atom. The van der Waals surface area contributed by atoms with Crippen LogP contribution >= 0.6 is 0 Å². The number of carbonyl (C=O) groups excluding carboxylic acids is 2. The van der Waals surface area contributed by atoms with E-state index in [2.05, 4.69) is 11.3 Å². The summed E-state index contributed by atoms with van der Waals surface area (Å²) in [5.74, 6) is -0.659. The largest absolute Gasteiger partial charge is 0.469 e. The highest BCUT2D eigenvalue weighted by Gasteiger charge is 2.06. The van der Waals surface area contributed by atoms with Crippen molar-refractivity contribution in [1.29, 1.82) is 0 Å². The molecule has 0 saturated carbocycles. The van der Waals surface area contributed by atoms with E-state index in [9.17, 15) is 9.59 Å². The summed E-state index contributed by atoms with van der Waals surface area (Å²) >= 11 is 0. The first-order valence-electron chi connectivity index (χ1n) is 2.90. The van der Waals surface area contributed by atoms with Gasteiger partial charge in [0.1, 0.15) is 12.2 Å². The third kappa shape index (κ3) is 3.83. The van der Waals surface area contributed by atoms with E-state index in [0.717, 1.165) is 0 Å². The van der Waals surface area contributed by atoms with Gasteiger partial charge in [0.2, 0.25) is 0 Å². The first-order chi connectivity index (χ1) is 4.70. The Morgan fingerprint density at radius 2 is 2.20 bits per heavy atom. The van der Waals surface area contributed by atoms with Crippen molar-refractivity contribution >= 4 is 11.8 Å². The molecule has 0 aromatic rings. The molecule has 0 aliphatic rings. The van der Waals surface area contributed by atoms with Crippen molar-refractivity contribution in [3.63, 3.8) is 0 Å². The summed E-state index contributed by atoms with van der Waals surface area (Å²) in [6, 6.07) is 0. The van der Waals surface area contributed by atoms with Gasteiger partial charge in [-0.1, -0.05) is 6.08 Å². The highest BCUT2D eigenvalue weighted by Crippen LogP contribution is 1.91. The molecule has 56 valence electrons. The maximum Gasteiger partial charge on any atom is 0.313 e. The van der Waals surface area contributed by atoms with Gasteiger partial charge in [0.25, 0.3) is 0 Å². The van der Waals surface area contributed by atoms with Crippen LogP contribution in [0.15, 0.2) is 12.7 Å². The van der Waals surface area contributed by atoms with E-state index in [1.165, 1.54) is 13.2 Å². The Hall–Kier alpha value is -1.12. The minimum atomic E-state index is -0.494. The molecule has 3 heteroatoms. The fourth-order valence-corrected chi connectivity index (χ4v) is 0.466. The number of hydrogen-bond acceptors (Lipinski definition) is 3. The zero-order valence-corrected chi connectivity index (χ0v) is 5.92. The Morgan fingerprint density at radius 1 is 1.60 bits per heavy atom. The predicted molar refractivity (Wildman–Crippen MR) is 36.5 cm³/mol. The molecule has 0 aromatic carbocycles. The normalized spacial score (nSPS) is 8.50. The molecular formula is C7H10O3. The van der Waals surface area contributed by atoms with Gasteiger partial charge in [-0.2, -0.15) is 0 Å². The van der Waals surface area contributed by atoms with E-state index >= 15 is 0 Å². The highest BCUT2D eigenvalue weighted by molar-refractivity contribution is 5.96. The molecule has 0 saturated heterocycles. The molecule has 0 atom stereocenters. The molecular weight excluding hydrogens is 132 g/mol. The van der Waals surface area contributed by atoms with Crippen LogP contribution in [0.25, 0.3) is 0 Å². The molecule has 0 aliphatic carbocycles. The van der Waals surface area contributed by atoms with Gasteiger partial charge in [-0.15, -0.1) is 6.58 Å². The Balaban J connectivity index is 3.57. The van der Waals surface area contributed by atoms with Crippen molar-refractivity contribution in [3.8, 4) is 0 Å². The maximum atomic E-state index is 10.6. The van der Waals surface area contributed by atoms with Crippen molar-refractivity contribution in [2.45, 2.75) is 12.8 Å². The number of ketones is 1. The lowest BCUT2D eigenvalue weighted by atomic mass is 10.2. The minimum Gasteiger partial charge on any atom is -0.469 e. The van der Waals surface area contributed by atoms with E-state index in [1.807, 2.05) is 0 Å². The molecule has 3 nitrogen and oxygen atoms in total. The van der Waals surface area contributed by atoms with Crippen LogP contribution in [0.1, 0.15) is 12.8 Å². The fourth-order valence-electron chi connectivity index (χ4n) is 0.466. The van der Waals surface area contributed by atoms with Gasteiger partial charge in [0.15, 0.2) is 0 Å². The van der Waals surface area contributed by atoms with Gasteiger partial charge in [-0.3, -0.25) is 9.59 Å². The maximum absolute atomic E-state index is 10.6. The lowest BCUT2D eigenvalue weighted by Crippen LogP contribution is -2.07. The summed E-state index contributed by atoms with van der Waals surface area (Å²) in [5.41, 5.74) is 0. The molecule has 0 amide bonds. The van der Waals surface area contributed by atoms with Gasteiger partial charge >= 0.3 is 5.97 Å². The lowest BCUT2D eigenvalue weighted by molar-refractivity contribution is -0.143. The molecule has 0 unspecified atom stereocenters. The van der Waals surface area contributed by atoms with Crippen molar-refractivity contribution in [1.82, 2.24) is 0 Å². The number of ether oxygens (including phenoxy) is 1.